The summed E-state index contributed by atoms with van der Waals surface area (Å²) in [6, 6.07) is 12.3. The zero-order valence-corrected chi connectivity index (χ0v) is 17.1. The fourth-order valence-electron chi connectivity index (χ4n) is 2.66. The average Bonchev–Trinajstić information content (AvgIpc) is 3.24. The molecule has 0 unspecified atom stereocenters. The highest BCUT2D eigenvalue weighted by Gasteiger charge is 2.32. The van der Waals surface area contributed by atoms with Crippen LogP contribution in [0.5, 0.6) is 0 Å². The lowest BCUT2D eigenvalue weighted by molar-refractivity contribution is -0.138. The highest BCUT2D eigenvalue weighted by atomic mass is 32.1. The topological polar surface area (TPSA) is 66.1 Å². The molecular formula is C20H17F3N4OS2. The summed E-state index contributed by atoms with van der Waals surface area (Å²) in [6.07, 6.45) is -4.20. The highest BCUT2D eigenvalue weighted by Crippen LogP contribution is 2.31. The Kier molecular flexibility index (Phi) is 7.01. The van der Waals surface area contributed by atoms with Gasteiger partial charge in [0.25, 0.3) is 5.91 Å². The number of benzene rings is 2. The molecule has 1 amide bonds. The average molecular weight is 451 g/mol. The van der Waals surface area contributed by atoms with Crippen LogP contribution in [-0.4, -0.2) is 22.5 Å². The van der Waals surface area contributed by atoms with Gasteiger partial charge in [0.15, 0.2) is 5.11 Å². The van der Waals surface area contributed by atoms with Crippen molar-refractivity contribution < 1.29 is 18.0 Å². The largest absolute Gasteiger partial charge is 0.416 e. The zero-order valence-electron chi connectivity index (χ0n) is 15.5. The number of alkyl halides is 3. The lowest BCUT2D eigenvalue weighted by atomic mass is 10.0. The van der Waals surface area contributed by atoms with Crippen molar-refractivity contribution in [3.63, 3.8) is 0 Å². The summed E-state index contributed by atoms with van der Waals surface area (Å²) in [4.78, 5) is 15.9. The molecule has 0 atom stereocenters. The number of carbonyl (C=O) groups is 1. The van der Waals surface area contributed by atoms with Gasteiger partial charge in [0.1, 0.15) is 5.69 Å². The lowest BCUT2D eigenvalue weighted by Gasteiger charge is -2.14. The van der Waals surface area contributed by atoms with Gasteiger partial charge >= 0.3 is 6.18 Å². The van der Waals surface area contributed by atoms with Crippen molar-refractivity contribution in [1.29, 1.82) is 0 Å². The van der Waals surface area contributed by atoms with E-state index in [4.69, 9.17) is 12.2 Å². The van der Waals surface area contributed by atoms with Crippen molar-refractivity contribution >= 4 is 45.9 Å². The number of halogens is 3. The second kappa shape index (κ2) is 9.68. The Hall–Kier alpha value is -2.98. The molecule has 0 radical (unpaired) electrons. The summed E-state index contributed by atoms with van der Waals surface area (Å²) in [5.74, 6) is -0.298. The van der Waals surface area contributed by atoms with Gasteiger partial charge in [0.2, 0.25) is 0 Å². The maximum atomic E-state index is 13.0. The number of aromatic nitrogens is 1. The Morgan fingerprint density at radius 3 is 2.33 bits per heavy atom. The normalized spacial score (nSPS) is 11.0. The summed E-state index contributed by atoms with van der Waals surface area (Å²) < 4.78 is 39.1. The number of thiocarbonyl (C=S) groups is 1. The second-order valence-electron chi connectivity index (χ2n) is 6.19. The van der Waals surface area contributed by atoms with Crippen molar-refractivity contribution in [2.45, 2.75) is 12.6 Å². The van der Waals surface area contributed by atoms with Gasteiger partial charge in [-0.25, -0.2) is 4.98 Å². The maximum absolute atomic E-state index is 13.0. The predicted molar refractivity (Wildman–Crippen MR) is 116 cm³/mol. The first-order valence-electron chi connectivity index (χ1n) is 8.82. The number of nitrogens with zero attached hydrogens (tertiary/aromatic N) is 1. The Morgan fingerprint density at radius 2 is 1.70 bits per heavy atom. The van der Waals surface area contributed by atoms with E-state index in [1.807, 2.05) is 0 Å². The zero-order chi connectivity index (χ0) is 21.6. The minimum absolute atomic E-state index is 0.180. The van der Waals surface area contributed by atoms with Gasteiger partial charge in [-0.1, -0.05) is 18.2 Å². The van der Waals surface area contributed by atoms with Crippen LogP contribution in [0.4, 0.5) is 24.5 Å². The van der Waals surface area contributed by atoms with Crippen molar-refractivity contribution in [2.24, 2.45) is 0 Å². The van der Waals surface area contributed by atoms with Gasteiger partial charge in [-0.05, 0) is 54.5 Å². The van der Waals surface area contributed by atoms with E-state index in [1.165, 1.54) is 23.5 Å². The van der Waals surface area contributed by atoms with Crippen molar-refractivity contribution in [1.82, 2.24) is 10.3 Å². The van der Waals surface area contributed by atoms with Crippen molar-refractivity contribution in [3.8, 4) is 0 Å². The Bertz CT molecular complexity index is 1010. The van der Waals surface area contributed by atoms with Crippen LogP contribution in [0.25, 0.3) is 0 Å². The number of amides is 1. The van der Waals surface area contributed by atoms with Crippen LogP contribution in [0.15, 0.2) is 59.4 Å². The Morgan fingerprint density at radius 1 is 1.03 bits per heavy atom. The molecule has 0 saturated heterocycles. The molecule has 3 rings (SSSR count). The SMILES string of the molecule is O=C(Nc1ccc(NC(=S)NCCc2ccccc2C(F)(F)F)cc1)c1cscn1. The van der Waals surface area contributed by atoms with E-state index in [9.17, 15) is 18.0 Å². The molecule has 0 bridgehead atoms. The molecule has 156 valence electrons. The van der Waals surface area contributed by atoms with Crippen LogP contribution in [0.2, 0.25) is 0 Å². The van der Waals surface area contributed by atoms with E-state index >= 15 is 0 Å². The smallest absolute Gasteiger partial charge is 0.362 e. The molecule has 0 saturated carbocycles. The summed E-state index contributed by atoms with van der Waals surface area (Å²) in [7, 11) is 0. The summed E-state index contributed by atoms with van der Waals surface area (Å²) in [6.45, 7) is 0.251. The molecule has 10 heteroatoms. The molecule has 0 spiro atoms. The van der Waals surface area contributed by atoms with Gasteiger partial charge in [-0.2, -0.15) is 13.2 Å². The molecule has 3 N–H and O–H groups in total. The number of hydrogen-bond acceptors (Lipinski definition) is 4. The van der Waals surface area contributed by atoms with Gasteiger partial charge in [0.05, 0.1) is 11.1 Å². The number of rotatable bonds is 6. The molecule has 1 heterocycles. The van der Waals surface area contributed by atoms with E-state index in [0.717, 1.165) is 6.07 Å². The molecule has 3 aromatic rings. The van der Waals surface area contributed by atoms with Gasteiger partial charge < -0.3 is 16.0 Å². The van der Waals surface area contributed by atoms with Crippen LogP contribution in [0.3, 0.4) is 0 Å². The lowest BCUT2D eigenvalue weighted by Crippen LogP contribution is -2.30. The first-order valence-corrected chi connectivity index (χ1v) is 10.2. The Balaban J connectivity index is 1.48. The second-order valence-corrected chi connectivity index (χ2v) is 7.32. The van der Waals surface area contributed by atoms with Crippen LogP contribution >= 0.6 is 23.6 Å². The van der Waals surface area contributed by atoms with Crippen molar-refractivity contribution in [3.05, 3.63) is 76.2 Å². The third-order valence-electron chi connectivity index (χ3n) is 4.07. The van der Waals surface area contributed by atoms with Crippen LogP contribution in [-0.2, 0) is 12.6 Å². The third kappa shape index (κ3) is 6.01. The first-order chi connectivity index (χ1) is 14.3. The standard InChI is InChI=1S/C20H17F3N4OS2/c21-20(22,23)16-4-2-1-3-13(16)9-10-24-19(29)27-15-7-5-14(6-8-15)26-18(28)17-11-30-12-25-17/h1-8,11-12H,9-10H2,(H,26,28)(H2,24,27,29). The van der Waals surface area contributed by atoms with Gasteiger partial charge in [0, 0.05) is 23.3 Å². The van der Waals surface area contributed by atoms with Crippen LogP contribution in [0, 0.1) is 0 Å². The maximum Gasteiger partial charge on any atom is 0.416 e. The molecule has 1 aromatic heterocycles. The summed E-state index contributed by atoms with van der Waals surface area (Å²) in [5.41, 5.74) is 2.77. The Labute approximate surface area is 180 Å². The van der Waals surface area contributed by atoms with E-state index in [1.54, 1.807) is 41.2 Å². The van der Waals surface area contributed by atoms with E-state index < -0.39 is 11.7 Å². The molecule has 0 aliphatic carbocycles. The molecule has 0 aliphatic rings. The number of carbonyl (C=O) groups excluding carboxylic acids is 1. The van der Waals surface area contributed by atoms with E-state index in [2.05, 4.69) is 20.9 Å². The van der Waals surface area contributed by atoms with E-state index in [-0.39, 0.29) is 24.4 Å². The minimum atomic E-state index is -4.38. The predicted octanol–water partition coefficient (Wildman–Crippen LogP) is 4.94. The quantitative estimate of drug-likeness (QED) is 0.464. The van der Waals surface area contributed by atoms with Crippen molar-refractivity contribution in [2.75, 3.05) is 17.2 Å². The molecule has 0 aliphatic heterocycles. The highest BCUT2D eigenvalue weighted by molar-refractivity contribution is 7.80. The van der Waals surface area contributed by atoms with Crippen LogP contribution < -0.4 is 16.0 Å². The minimum Gasteiger partial charge on any atom is -0.362 e. The van der Waals surface area contributed by atoms with E-state index in [0.29, 0.717) is 22.2 Å². The van der Waals surface area contributed by atoms with Gasteiger partial charge in [-0.3, -0.25) is 4.79 Å². The molecular weight excluding hydrogens is 433 g/mol. The number of nitrogens with one attached hydrogen (secondary N) is 3. The first kappa shape index (κ1) is 21.7. The monoisotopic (exact) mass is 450 g/mol. The number of thiazole rings is 1. The summed E-state index contributed by atoms with van der Waals surface area (Å²) in [5, 5.41) is 10.5. The molecule has 0 fully saturated rings. The molecule has 30 heavy (non-hydrogen) atoms. The molecule has 2 aromatic carbocycles. The van der Waals surface area contributed by atoms with Gasteiger partial charge in [-0.15, -0.1) is 11.3 Å². The summed E-state index contributed by atoms with van der Waals surface area (Å²) >= 11 is 6.53. The fraction of sp³-hybridized carbons (Fsp3) is 0.150. The van der Waals surface area contributed by atoms with Crippen LogP contribution in [0.1, 0.15) is 21.6 Å². The third-order valence-corrected chi connectivity index (χ3v) is 4.90. The fourth-order valence-corrected chi connectivity index (χ4v) is 3.41. The number of hydrogen-bond donors (Lipinski definition) is 3. The molecule has 5 nitrogen and oxygen atoms in total. The number of anilines is 2.